The van der Waals surface area contributed by atoms with Crippen molar-refractivity contribution < 1.29 is 18.4 Å². The average Bonchev–Trinajstić information content (AvgIpc) is 3.75. The third-order valence-electron chi connectivity index (χ3n) is 12.0. The minimum absolute atomic E-state index is 0.0221. The molecule has 2 unspecified atom stereocenters. The Kier molecular flexibility index (Phi) is 8.23. The highest BCUT2D eigenvalue weighted by Gasteiger charge is 2.41. The summed E-state index contributed by atoms with van der Waals surface area (Å²) in [6, 6.07) is 1.86. The molecule has 252 valence electrons. The van der Waals surface area contributed by atoms with Gasteiger partial charge in [-0.05, 0) is 108 Å². The lowest BCUT2D eigenvalue weighted by Crippen LogP contribution is -2.46. The van der Waals surface area contributed by atoms with Crippen molar-refractivity contribution in [3.8, 4) is 0 Å². The molecular formula is C34H45F2N9O2. The minimum atomic E-state index is -2.82. The summed E-state index contributed by atoms with van der Waals surface area (Å²) in [4.78, 5) is 35.3. The molecule has 3 aliphatic heterocycles. The number of nitrogens with one attached hydrogen (secondary N) is 2. The predicted octanol–water partition coefficient (Wildman–Crippen LogP) is 4.73. The average molecular weight is 650 g/mol. The number of Topliss-reactive ketones (excluding diaryl/α,β-unsaturated/α-hetero) is 1. The number of alkyl halides is 2. The monoisotopic (exact) mass is 649 g/mol. The van der Waals surface area contributed by atoms with Crippen LogP contribution in [-0.2, 0) is 4.79 Å². The van der Waals surface area contributed by atoms with Crippen molar-refractivity contribution in [3.05, 3.63) is 35.9 Å². The number of halogens is 2. The number of nitrogens with zero attached hydrogens (tertiary/aromatic N) is 7. The number of carbonyl (C=O) groups is 2. The number of aromatic nitrogens is 5. The predicted molar refractivity (Wildman–Crippen MR) is 173 cm³/mol. The third kappa shape index (κ3) is 6.05. The molecule has 8 rings (SSSR count). The second kappa shape index (κ2) is 12.5. The van der Waals surface area contributed by atoms with Gasteiger partial charge in [0, 0.05) is 43.9 Å². The zero-order valence-corrected chi connectivity index (χ0v) is 26.9. The molecule has 2 saturated carbocycles. The van der Waals surface area contributed by atoms with E-state index in [2.05, 4.69) is 30.6 Å². The van der Waals surface area contributed by atoms with Crippen LogP contribution in [0.15, 0.2) is 24.7 Å². The SMILES string of the molecule is O=C(Nc1cn(C2CCC(CN3CCC4(CCNCC4)CC3)CC2)nc1C(F)F)c1cnn2ccc(N3CC4CCC(C3)C4=O)nc12. The molecule has 3 saturated heterocycles. The van der Waals surface area contributed by atoms with E-state index in [0.29, 0.717) is 41.7 Å². The van der Waals surface area contributed by atoms with E-state index in [1.165, 1.54) is 49.5 Å². The molecule has 11 nitrogen and oxygen atoms in total. The number of rotatable bonds is 7. The van der Waals surface area contributed by atoms with Gasteiger partial charge in [-0.25, -0.2) is 18.3 Å². The van der Waals surface area contributed by atoms with Crippen LogP contribution in [-0.4, -0.2) is 86.8 Å². The Hall–Kier alpha value is -3.45. The molecule has 2 aliphatic carbocycles. The van der Waals surface area contributed by atoms with Crippen LogP contribution in [0.25, 0.3) is 5.65 Å². The molecule has 47 heavy (non-hydrogen) atoms. The van der Waals surface area contributed by atoms with Crippen LogP contribution in [0.1, 0.15) is 92.7 Å². The standard InChI is InChI=1S/C34H45F2N9O2/c35-31(36)29-27(21-45(41-29)25-5-1-22(2-6-25)18-42-15-10-34(11-16-42)8-12-37-13-9-34)39-33(47)26-17-38-44-14-7-28(40-32(26)44)43-19-23-3-4-24(20-43)30(23)46/h7,14,17,21-25,31,37H,1-6,8-13,15-16,18-20H2,(H,39,47). The highest BCUT2D eigenvalue weighted by atomic mass is 19.3. The van der Waals surface area contributed by atoms with Crippen molar-refractivity contribution >= 4 is 28.8 Å². The van der Waals surface area contributed by atoms with Crippen LogP contribution in [0, 0.1) is 23.2 Å². The maximum absolute atomic E-state index is 14.2. The molecule has 13 heteroatoms. The molecule has 2 bridgehead atoms. The van der Waals surface area contributed by atoms with Gasteiger partial charge in [0.15, 0.2) is 11.3 Å². The summed E-state index contributed by atoms with van der Waals surface area (Å²) in [7, 11) is 0. The van der Waals surface area contributed by atoms with Crippen molar-refractivity contribution in [2.75, 3.05) is 56.0 Å². The number of amides is 1. The first-order chi connectivity index (χ1) is 22.8. The Morgan fingerprint density at radius 1 is 1.02 bits per heavy atom. The van der Waals surface area contributed by atoms with Gasteiger partial charge in [0.2, 0.25) is 0 Å². The molecule has 0 radical (unpaired) electrons. The Morgan fingerprint density at radius 3 is 2.45 bits per heavy atom. The molecule has 3 aromatic rings. The topological polar surface area (TPSA) is 113 Å². The number of piperidine rings is 3. The van der Waals surface area contributed by atoms with E-state index in [9.17, 15) is 18.4 Å². The highest BCUT2D eigenvalue weighted by molar-refractivity contribution is 6.08. The lowest BCUT2D eigenvalue weighted by atomic mass is 9.71. The fourth-order valence-electron chi connectivity index (χ4n) is 9.04. The lowest BCUT2D eigenvalue weighted by Gasteiger charge is -2.45. The maximum Gasteiger partial charge on any atom is 0.284 e. The molecule has 6 heterocycles. The quantitative estimate of drug-likeness (QED) is 0.378. The van der Waals surface area contributed by atoms with E-state index in [0.717, 1.165) is 58.2 Å². The van der Waals surface area contributed by atoms with Crippen molar-refractivity contribution in [2.45, 2.75) is 76.7 Å². The van der Waals surface area contributed by atoms with Crippen LogP contribution in [0.4, 0.5) is 20.3 Å². The van der Waals surface area contributed by atoms with E-state index in [1.807, 2.05) is 6.07 Å². The van der Waals surface area contributed by atoms with E-state index in [1.54, 1.807) is 17.1 Å². The Labute approximate surface area is 273 Å². The number of likely N-dealkylation sites (tertiary alicyclic amines) is 1. The van der Waals surface area contributed by atoms with Gasteiger partial charge in [-0.15, -0.1) is 0 Å². The molecule has 1 amide bonds. The molecule has 1 spiro atoms. The lowest BCUT2D eigenvalue weighted by molar-refractivity contribution is -0.124. The summed E-state index contributed by atoms with van der Waals surface area (Å²) in [5.74, 6) is 1.14. The second-order valence-corrected chi connectivity index (χ2v) is 14.8. The first-order valence-corrected chi connectivity index (χ1v) is 17.6. The number of hydrogen-bond donors (Lipinski definition) is 2. The Bertz CT molecular complexity index is 1600. The number of fused-ring (bicyclic) bond motifs is 3. The molecule has 5 aliphatic rings. The first-order valence-electron chi connectivity index (χ1n) is 17.6. The fourth-order valence-corrected chi connectivity index (χ4v) is 9.04. The van der Waals surface area contributed by atoms with Crippen molar-refractivity contribution in [1.82, 2.24) is 34.6 Å². The molecule has 2 atom stereocenters. The van der Waals surface area contributed by atoms with Crippen molar-refractivity contribution in [2.24, 2.45) is 23.2 Å². The van der Waals surface area contributed by atoms with Crippen LogP contribution in [0.2, 0.25) is 0 Å². The minimum Gasteiger partial charge on any atom is -0.355 e. The largest absolute Gasteiger partial charge is 0.355 e. The normalized spacial score (nSPS) is 28.1. The first kappa shape index (κ1) is 30.9. The van der Waals surface area contributed by atoms with Crippen LogP contribution in [0.5, 0.6) is 0 Å². The Morgan fingerprint density at radius 2 is 1.74 bits per heavy atom. The highest BCUT2D eigenvalue weighted by Crippen LogP contribution is 2.41. The summed E-state index contributed by atoms with van der Waals surface area (Å²) in [6.45, 7) is 7.02. The van der Waals surface area contributed by atoms with Gasteiger partial charge in [0.25, 0.3) is 12.3 Å². The fraction of sp³-hybridized carbons (Fsp3) is 0.676. The van der Waals surface area contributed by atoms with Gasteiger partial charge >= 0.3 is 0 Å². The van der Waals surface area contributed by atoms with E-state index in [-0.39, 0.29) is 29.1 Å². The van der Waals surface area contributed by atoms with Gasteiger partial charge in [-0.1, -0.05) is 0 Å². The number of ketones is 1. The Balaban J connectivity index is 0.906. The third-order valence-corrected chi connectivity index (χ3v) is 12.0. The number of hydrogen-bond acceptors (Lipinski definition) is 8. The molecular weight excluding hydrogens is 604 g/mol. The van der Waals surface area contributed by atoms with E-state index < -0.39 is 18.0 Å². The van der Waals surface area contributed by atoms with Crippen molar-refractivity contribution in [3.63, 3.8) is 0 Å². The van der Waals surface area contributed by atoms with Crippen LogP contribution >= 0.6 is 0 Å². The molecule has 3 aromatic heterocycles. The summed E-state index contributed by atoms with van der Waals surface area (Å²) in [6.07, 6.45) is 12.8. The summed E-state index contributed by atoms with van der Waals surface area (Å²) in [5, 5.41) is 14.8. The number of anilines is 2. The maximum atomic E-state index is 14.2. The zero-order chi connectivity index (χ0) is 32.1. The smallest absolute Gasteiger partial charge is 0.284 e. The van der Waals surface area contributed by atoms with Crippen LogP contribution < -0.4 is 15.5 Å². The zero-order valence-electron chi connectivity index (χ0n) is 26.9. The van der Waals surface area contributed by atoms with Gasteiger partial charge in [0.05, 0.1) is 17.9 Å². The van der Waals surface area contributed by atoms with Gasteiger partial charge < -0.3 is 20.4 Å². The summed E-state index contributed by atoms with van der Waals surface area (Å²) >= 11 is 0. The number of carbonyl (C=O) groups excluding carboxylic acids is 2. The van der Waals surface area contributed by atoms with Gasteiger partial charge in [-0.2, -0.15) is 10.2 Å². The van der Waals surface area contributed by atoms with E-state index in [4.69, 9.17) is 4.98 Å². The summed E-state index contributed by atoms with van der Waals surface area (Å²) in [5.41, 5.74) is 0.691. The molecule has 5 fully saturated rings. The van der Waals surface area contributed by atoms with Crippen molar-refractivity contribution in [1.29, 1.82) is 0 Å². The van der Waals surface area contributed by atoms with Crippen LogP contribution in [0.3, 0.4) is 0 Å². The molecule has 2 N–H and O–H groups in total. The summed E-state index contributed by atoms with van der Waals surface area (Å²) < 4.78 is 31.5. The molecule has 0 aromatic carbocycles. The van der Waals surface area contributed by atoms with E-state index >= 15 is 0 Å². The van der Waals surface area contributed by atoms with Gasteiger partial charge in [0.1, 0.15) is 17.2 Å². The van der Waals surface area contributed by atoms with Gasteiger partial charge in [-0.3, -0.25) is 14.3 Å². The second-order valence-electron chi connectivity index (χ2n) is 14.8.